The summed E-state index contributed by atoms with van der Waals surface area (Å²) in [6.07, 6.45) is 1.89. The maximum Gasteiger partial charge on any atom is 0.226 e. The Bertz CT molecular complexity index is 496. The lowest BCUT2D eigenvalue weighted by atomic mass is 10.2. The van der Waals surface area contributed by atoms with Crippen LogP contribution in [0.4, 0.5) is 0 Å². The van der Waals surface area contributed by atoms with E-state index in [1.165, 1.54) is 10.5 Å². The second-order valence-electron chi connectivity index (χ2n) is 4.32. The standard InChI is InChI=1S/C14H19N3OS/c1-3-4-14-16-13(17-18-14)10-19-12-7-5-11(6-8-12)9-15-2/h5-8,15H,3-4,9-10H2,1-2H3. The van der Waals surface area contributed by atoms with Crippen molar-refractivity contribution in [1.82, 2.24) is 15.5 Å². The van der Waals surface area contributed by atoms with E-state index >= 15 is 0 Å². The van der Waals surface area contributed by atoms with Crippen LogP contribution < -0.4 is 5.32 Å². The number of hydrogen-bond donors (Lipinski definition) is 1. The topological polar surface area (TPSA) is 51.0 Å². The zero-order valence-electron chi connectivity index (χ0n) is 11.3. The summed E-state index contributed by atoms with van der Waals surface area (Å²) in [5.74, 6) is 2.26. The zero-order chi connectivity index (χ0) is 13.5. The molecule has 0 unspecified atom stereocenters. The average Bonchev–Trinajstić information content (AvgIpc) is 2.87. The molecule has 2 rings (SSSR count). The summed E-state index contributed by atoms with van der Waals surface area (Å²) in [5.41, 5.74) is 1.29. The molecule has 1 aromatic carbocycles. The summed E-state index contributed by atoms with van der Waals surface area (Å²) in [6, 6.07) is 8.53. The Morgan fingerprint density at radius 3 is 2.74 bits per heavy atom. The van der Waals surface area contributed by atoms with Crippen LogP contribution >= 0.6 is 11.8 Å². The van der Waals surface area contributed by atoms with Crippen molar-refractivity contribution in [1.29, 1.82) is 0 Å². The van der Waals surface area contributed by atoms with Crippen LogP contribution in [0.5, 0.6) is 0 Å². The summed E-state index contributed by atoms with van der Waals surface area (Å²) in [5, 5.41) is 7.12. The highest BCUT2D eigenvalue weighted by Gasteiger charge is 2.05. The maximum absolute atomic E-state index is 5.16. The molecule has 0 aliphatic carbocycles. The smallest absolute Gasteiger partial charge is 0.226 e. The Hall–Kier alpha value is -1.33. The molecule has 0 fully saturated rings. The lowest BCUT2D eigenvalue weighted by Gasteiger charge is -2.02. The van der Waals surface area contributed by atoms with Gasteiger partial charge in [-0.1, -0.05) is 24.2 Å². The van der Waals surface area contributed by atoms with Crippen LogP contribution in [-0.2, 0) is 18.7 Å². The number of rotatable bonds is 7. The van der Waals surface area contributed by atoms with Gasteiger partial charge < -0.3 is 9.84 Å². The second kappa shape index (κ2) is 7.31. The predicted octanol–water partition coefficient (Wildman–Crippen LogP) is 3.03. The Morgan fingerprint density at radius 2 is 2.05 bits per heavy atom. The van der Waals surface area contributed by atoms with Crippen molar-refractivity contribution in [2.24, 2.45) is 0 Å². The average molecular weight is 277 g/mol. The summed E-state index contributed by atoms with van der Waals surface area (Å²) in [6.45, 7) is 3.00. The van der Waals surface area contributed by atoms with Crippen LogP contribution in [0, 0.1) is 0 Å². The van der Waals surface area contributed by atoms with Gasteiger partial charge >= 0.3 is 0 Å². The molecule has 0 bridgehead atoms. The van der Waals surface area contributed by atoms with Crippen molar-refractivity contribution in [2.45, 2.75) is 37.0 Å². The van der Waals surface area contributed by atoms with Crippen molar-refractivity contribution >= 4 is 11.8 Å². The van der Waals surface area contributed by atoms with Gasteiger partial charge in [0.25, 0.3) is 0 Å². The van der Waals surface area contributed by atoms with Crippen LogP contribution in [0.25, 0.3) is 0 Å². The highest BCUT2D eigenvalue weighted by Crippen LogP contribution is 2.22. The number of aromatic nitrogens is 2. The summed E-state index contributed by atoms with van der Waals surface area (Å²) in [4.78, 5) is 5.58. The molecule has 0 aliphatic heterocycles. The molecule has 102 valence electrons. The molecule has 1 N–H and O–H groups in total. The van der Waals surface area contributed by atoms with Gasteiger partial charge in [0.1, 0.15) is 0 Å². The van der Waals surface area contributed by atoms with Crippen LogP contribution in [0.2, 0.25) is 0 Å². The molecule has 0 amide bonds. The van der Waals surface area contributed by atoms with E-state index in [1.807, 2.05) is 7.05 Å². The number of benzene rings is 1. The monoisotopic (exact) mass is 277 g/mol. The third-order valence-electron chi connectivity index (χ3n) is 2.65. The molecule has 1 heterocycles. The van der Waals surface area contributed by atoms with Gasteiger partial charge in [-0.05, 0) is 31.2 Å². The first-order chi connectivity index (χ1) is 9.31. The quantitative estimate of drug-likeness (QED) is 0.788. The van der Waals surface area contributed by atoms with Gasteiger partial charge in [0, 0.05) is 17.9 Å². The normalized spacial score (nSPS) is 10.8. The van der Waals surface area contributed by atoms with E-state index in [9.17, 15) is 0 Å². The first kappa shape index (κ1) is 14.1. The Labute approximate surface area is 118 Å². The van der Waals surface area contributed by atoms with Gasteiger partial charge in [-0.15, -0.1) is 11.8 Å². The predicted molar refractivity (Wildman–Crippen MR) is 77.1 cm³/mol. The van der Waals surface area contributed by atoms with Gasteiger partial charge in [-0.25, -0.2) is 0 Å². The Balaban J connectivity index is 1.86. The van der Waals surface area contributed by atoms with Gasteiger partial charge in [0.15, 0.2) is 5.82 Å². The Kier molecular flexibility index (Phi) is 5.42. The van der Waals surface area contributed by atoms with Crippen molar-refractivity contribution in [3.8, 4) is 0 Å². The van der Waals surface area contributed by atoms with E-state index < -0.39 is 0 Å². The van der Waals surface area contributed by atoms with E-state index in [4.69, 9.17) is 4.52 Å². The summed E-state index contributed by atoms with van der Waals surface area (Å²) < 4.78 is 5.16. The van der Waals surface area contributed by atoms with Crippen molar-refractivity contribution in [2.75, 3.05) is 7.05 Å². The van der Waals surface area contributed by atoms with Crippen LogP contribution in [0.3, 0.4) is 0 Å². The SMILES string of the molecule is CCCc1nc(CSc2ccc(CNC)cc2)no1. The molecule has 2 aromatic rings. The van der Waals surface area contributed by atoms with Crippen LogP contribution in [0.15, 0.2) is 33.7 Å². The molecule has 4 nitrogen and oxygen atoms in total. The summed E-state index contributed by atoms with van der Waals surface area (Å²) >= 11 is 1.73. The zero-order valence-corrected chi connectivity index (χ0v) is 12.2. The molecule has 0 radical (unpaired) electrons. The minimum atomic E-state index is 0.738. The fourth-order valence-corrected chi connectivity index (χ4v) is 2.46. The van der Waals surface area contributed by atoms with Crippen molar-refractivity contribution in [3.05, 3.63) is 41.5 Å². The molecule has 0 aliphatic rings. The molecule has 19 heavy (non-hydrogen) atoms. The van der Waals surface area contributed by atoms with Gasteiger partial charge in [0.05, 0.1) is 5.75 Å². The molecule has 0 saturated carbocycles. The van der Waals surface area contributed by atoms with E-state index in [-0.39, 0.29) is 0 Å². The number of thioether (sulfide) groups is 1. The minimum absolute atomic E-state index is 0.738. The van der Waals surface area contributed by atoms with E-state index in [0.29, 0.717) is 0 Å². The lowest BCUT2D eigenvalue weighted by Crippen LogP contribution is -2.04. The molecule has 0 atom stereocenters. The molecular weight excluding hydrogens is 258 g/mol. The first-order valence-corrected chi connectivity index (χ1v) is 7.48. The van der Waals surface area contributed by atoms with E-state index in [1.54, 1.807) is 11.8 Å². The third kappa shape index (κ3) is 4.36. The third-order valence-corrected chi connectivity index (χ3v) is 3.65. The van der Waals surface area contributed by atoms with E-state index in [2.05, 4.69) is 46.6 Å². The van der Waals surface area contributed by atoms with Gasteiger partial charge in [0.2, 0.25) is 5.89 Å². The van der Waals surface area contributed by atoms with Crippen LogP contribution in [0.1, 0.15) is 30.6 Å². The molecule has 5 heteroatoms. The fourth-order valence-electron chi connectivity index (χ4n) is 1.72. The molecule has 0 spiro atoms. The van der Waals surface area contributed by atoms with E-state index in [0.717, 1.165) is 36.9 Å². The minimum Gasteiger partial charge on any atom is -0.339 e. The van der Waals surface area contributed by atoms with Crippen molar-refractivity contribution in [3.63, 3.8) is 0 Å². The largest absolute Gasteiger partial charge is 0.339 e. The number of nitrogens with one attached hydrogen (secondary N) is 1. The molecule has 0 saturated heterocycles. The number of aryl methyl sites for hydroxylation is 1. The van der Waals surface area contributed by atoms with Gasteiger partial charge in [-0.2, -0.15) is 4.98 Å². The highest BCUT2D eigenvalue weighted by atomic mass is 32.2. The van der Waals surface area contributed by atoms with Gasteiger partial charge in [-0.3, -0.25) is 0 Å². The number of hydrogen-bond acceptors (Lipinski definition) is 5. The Morgan fingerprint density at radius 1 is 1.26 bits per heavy atom. The number of nitrogens with zero attached hydrogens (tertiary/aromatic N) is 2. The summed E-state index contributed by atoms with van der Waals surface area (Å²) in [7, 11) is 1.95. The second-order valence-corrected chi connectivity index (χ2v) is 5.37. The lowest BCUT2D eigenvalue weighted by molar-refractivity contribution is 0.373. The highest BCUT2D eigenvalue weighted by molar-refractivity contribution is 7.98. The fraction of sp³-hybridized carbons (Fsp3) is 0.429. The first-order valence-electron chi connectivity index (χ1n) is 6.49. The van der Waals surface area contributed by atoms with Crippen LogP contribution in [-0.4, -0.2) is 17.2 Å². The van der Waals surface area contributed by atoms with Crippen molar-refractivity contribution < 1.29 is 4.52 Å². The molecular formula is C14H19N3OS. The maximum atomic E-state index is 5.16. The molecule has 1 aromatic heterocycles.